The van der Waals surface area contributed by atoms with E-state index in [0.29, 0.717) is 24.3 Å². The lowest BCUT2D eigenvalue weighted by Gasteiger charge is -2.35. The number of pyridine rings is 1. The highest BCUT2D eigenvalue weighted by Gasteiger charge is 2.52. The molecule has 3 aromatic rings. The highest BCUT2D eigenvalue weighted by molar-refractivity contribution is 5.78. The minimum atomic E-state index is -4.60. The van der Waals surface area contributed by atoms with E-state index in [1.54, 1.807) is 12.1 Å². The lowest BCUT2D eigenvalue weighted by atomic mass is 9.95. The molecule has 1 atom stereocenters. The zero-order valence-corrected chi connectivity index (χ0v) is 22.3. The van der Waals surface area contributed by atoms with Gasteiger partial charge in [-0.3, -0.25) is 4.90 Å². The number of anilines is 2. The first-order valence-electron chi connectivity index (χ1n) is 12.6. The van der Waals surface area contributed by atoms with Crippen LogP contribution >= 0.6 is 0 Å². The van der Waals surface area contributed by atoms with Crippen LogP contribution in [-0.2, 0) is 25.8 Å². The van der Waals surface area contributed by atoms with Gasteiger partial charge in [-0.1, -0.05) is 26.8 Å². The van der Waals surface area contributed by atoms with Crippen LogP contribution in [-0.4, -0.2) is 57.1 Å². The van der Waals surface area contributed by atoms with E-state index >= 15 is 0 Å². The van der Waals surface area contributed by atoms with Gasteiger partial charge in [-0.15, -0.1) is 10.2 Å². The molecule has 0 fully saturated rings. The Hall–Kier alpha value is -3.42. The van der Waals surface area contributed by atoms with Crippen molar-refractivity contribution in [2.24, 2.45) is 5.41 Å². The summed E-state index contributed by atoms with van der Waals surface area (Å²) in [4.78, 5) is 8.66. The van der Waals surface area contributed by atoms with Gasteiger partial charge in [0.2, 0.25) is 12.0 Å². The number of aromatic nitrogens is 4. The van der Waals surface area contributed by atoms with Crippen LogP contribution in [0.5, 0.6) is 0 Å². The Kier molecular flexibility index (Phi) is 6.75. The molecule has 0 N–H and O–H groups in total. The van der Waals surface area contributed by atoms with E-state index in [2.05, 4.69) is 15.2 Å². The van der Waals surface area contributed by atoms with E-state index in [-0.39, 0.29) is 42.5 Å². The van der Waals surface area contributed by atoms with Gasteiger partial charge < -0.3 is 14.4 Å². The summed E-state index contributed by atoms with van der Waals surface area (Å²) in [5.41, 5.74) is 0.846. The number of benzene rings is 1. The van der Waals surface area contributed by atoms with Crippen molar-refractivity contribution in [2.45, 2.75) is 58.9 Å². The van der Waals surface area contributed by atoms with Crippen LogP contribution in [0.1, 0.15) is 38.0 Å². The molecule has 0 radical (unpaired) electrons. The fraction of sp³-hybridized carbons (Fsp3) is 0.500. The molecule has 0 aliphatic carbocycles. The molecule has 2 aliphatic heterocycles. The molecule has 1 aromatic carbocycles. The van der Waals surface area contributed by atoms with E-state index in [1.807, 2.05) is 25.7 Å². The minimum absolute atomic E-state index is 0.0510. The highest BCUT2D eigenvalue weighted by atomic mass is 19.4. The molecule has 2 aromatic heterocycles. The molecule has 40 heavy (non-hydrogen) atoms. The Morgan fingerprint density at radius 1 is 0.950 bits per heavy atom. The summed E-state index contributed by atoms with van der Waals surface area (Å²) in [5, 5.41) is 6.96. The predicted octanol–water partition coefficient (Wildman–Crippen LogP) is 5.70. The van der Waals surface area contributed by atoms with Crippen molar-refractivity contribution in [2.75, 3.05) is 29.9 Å². The standard InChI is InChI=1S/C26H28F7N7/c1-24(2,3)14-40-19-8-7-18(34-21(19)37(4)23(40)26(31,32)33)16-11-15(5-6-17(16)27)12-38-9-10-39-20(13-38)35-36-22(39)25(28,29)30/h5-8,11,23H,9-10,12-14H2,1-4H3. The zero-order chi connectivity index (χ0) is 29.2. The molecular formula is C26H28F7N7. The molecule has 1 unspecified atom stereocenters. The maximum absolute atomic E-state index is 15.0. The second-order valence-corrected chi connectivity index (χ2v) is 11.4. The van der Waals surface area contributed by atoms with Gasteiger partial charge in [0.15, 0.2) is 5.82 Å². The van der Waals surface area contributed by atoms with E-state index in [9.17, 15) is 30.7 Å². The monoisotopic (exact) mass is 571 g/mol. The van der Waals surface area contributed by atoms with Gasteiger partial charge in [-0.2, -0.15) is 26.3 Å². The van der Waals surface area contributed by atoms with Gasteiger partial charge in [0.25, 0.3) is 0 Å². The smallest absolute Gasteiger partial charge is 0.340 e. The topological polar surface area (TPSA) is 53.3 Å². The summed E-state index contributed by atoms with van der Waals surface area (Å²) in [6.07, 6.45) is -11.1. The van der Waals surface area contributed by atoms with E-state index in [1.165, 1.54) is 30.1 Å². The van der Waals surface area contributed by atoms with Crippen molar-refractivity contribution in [3.8, 4) is 11.3 Å². The SMILES string of the molecule is CN1c2nc(-c3cc(CN4CCn5c(nnc5C(F)(F)F)C4)ccc3F)ccc2N(CC(C)(C)C)C1C(F)(F)F. The lowest BCUT2D eigenvalue weighted by Crippen LogP contribution is -2.53. The molecule has 0 saturated carbocycles. The van der Waals surface area contributed by atoms with Crippen molar-refractivity contribution < 1.29 is 30.7 Å². The normalized spacial score (nSPS) is 18.3. The van der Waals surface area contributed by atoms with Crippen LogP contribution in [0.25, 0.3) is 11.3 Å². The van der Waals surface area contributed by atoms with Crippen LogP contribution < -0.4 is 9.80 Å². The quantitative estimate of drug-likeness (QED) is 0.375. The molecule has 216 valence electrons. The molecule has 5 rings (SSSR count). The number of nitrogens with zero attached hydrogens (tertiary/aromatic N) is 7. The Morgan fingerprint density at radius 2 is 1.68 bits per heavy atom. The van der Waals surface area contributed by atoms with Crippen molar-refractivity contribution in [1.29, 1.82) is 0 Å². The van der Waals surface area contributed by atoms with Crippen LogP contribution in [0.15, 0.2) is 30.3 Å². The van der Waals surface area contributed by atoms with Crippen molar-refractivity contribution in [3.63, 3.8) is 0 Å². The Morgan fingerprint density at radius 3 is 2.33 bits per heavy atom. The molecule has 0 saturated heterocycles. The second-order valence-electron chi connectivity index (χ2n) is 11.4. The van der Waals surface area contributed by atoms with Crippen molar-refractivity contribution in [1.82, 2.24) is 24.6 Å². The lowest BCUT2D eigenvalue weighted by molar-refractivity contribution is -0.148. The van der Waals surface area contributed by atoms with Crippen LogP contribution in [0.3, 0.4) is 0 Å². The van der Waals surface area contributed by atoms with Crippen LogP contribution in [0.4, 0.5) is 42.2 Å². The molecule has 14 heteroatoms. The molecule has 0 amide bonds. The summed E-state index contributed by atoms with van der Waals surface area (Å²) < 4.78 is 97.7. The molecule has 4 heterocycles. The number of alkyl halides is 6. The van der Waals surface area contributed by atoms with E-state index in [4.69, 9.17) is 0 Å². The number of rotatable bonds is 4. The van der Waals surface area contributed by atoms with Crippen molar-refractivity contribution in [3.05, 3.63) is 53.4 Å². The van der Waals surface area contributed by atoms with E-state index < -0.39 is 35.6 Å². The zero-order valence-electron chi connectivity index (χ0n) is 22.3. The summed E-state index contributed by atoms with van der Waals surface area (Å²) in [5.74, 6) is -1.34. The summed E-state index contributed by atoms with van der Waals surface area (Å²) in [6, 6.07) is 7.41. The van der Waals surface area contributed by atoms with Gasteiger partial charge in [0, 0.05) is 38.8 Å². The predicted molar refractivity (Wildman–Crippen MR) is 134 cm³/mol. The van der Waals surface area contributed by atoms with Crippen LogP contribution in [0.2, 0.25) is 0 Å². The fourth-order valence-corrected chi connectivity index (χ4v) is 5.29. The molecule has 2 aliphatic rings. The average molecular weight is 572 g/mol. The number of fused-ring (bicyclic) bond motifs is 2. The third-order valence-electron chi connectivity index (χ3n) is 6.90. The molecular weight excluding hydrogens is 543 g/mol. The van der Waals surface area contributed by atoms with Gasteiger partial charge in [-0.05, 0) is 35.2 Å². The summed E-state index contributed by atoms with van der Waals surface area (Å²) in [7, 11) is 1.32. The Balaban J connectivity index is 1.41. The Bertz CT molecular complexity index is 1410. The first-order valence-corrected chi connectivity index (χ1v) is 12.6. The third-order valence-corrected chi connectivity index (χ3v) is 6.90. The fourth-order valence-electron chi connectivity index (χ4n) is 5.29. The Labute approximate surface area is 226 Å². The van der Waals surface area contributed by atoms with Gasteiger partial charge in [0.1, 0.15) is 11.6 Å². The maximum Gasteiger partial charge on any atom is 0.451 e. The van der Waals surface area contributed by atoms with Gasteiger partial charge >= 0.3 is 12.4 Å². The number of halogens is 7. The van der Waals surface area contributed by atoms with Crippen LogP contribution in [0, 0.1) is 11.2 Å². The average Bonchev–Trinajstić information content (AvgIpc) is 3.37. The second kappa shape index (κ2) is 9.60. The highest BCUT2D eigenvalue weighted by Crippen LogP contribution is 2.45. The van der Waals surface area contributed by atoms with Crippen molar-refractivity contribution >= 4 is 11.5 Å². The number of hydrogen-bond donors (Lipinski definition) is 0. The first kappa shape index (κ1) is 28.1. The first-order chi connectivity index (χ1) is 18.5. The third kappa shape index (κ3) is 5.32. The van der Waals surface area contributed by atoms with E-state index in [0.717, 1.165) is 9.47 Å². The molecule has 0 spiro atoms. The molecule has 7 nitrogen and oxygen atoms in total. The molecule has 0 bridgehead atoms. The maximum atomic E-state index is 15.0. The van der Waals surface area contributed by atoms with Gasteiger partial charge in [-0.25, -0.2) is 9.37 Å². The number of hydrogen-bond acceptors (Lipinski definition) is 6. The summed E-state index contributed by atoms with van der Waals surface area (Å²) >= 11 is 0. The summed E-state index contributed by atoms with van der Waals surface area (Å²) in [6.45, 7) is 6.45. The minimum Gasteiger partial charge on any atom is -0.340 e. The largest absolute Gasteiger partial charge is 0.451 e. The van der Waals surface area contributed by atoms with Gasteiger partial charge in [0.05, 0.1) is 17.9 Å².